The van der Waals surface area contributed by atoms with Gasteiger partial charge in [-0.3, -0.25) is 4.79 Å². The van der Waals surface area contributed by atoms with Crippen LogP contribution in [0.4, 0.5) is 0 Å². The molecule has 6 rings (SSSR count). The number of hydrogen-bond acceptors (Lipinski definition) is 3. The normalized spacial score (nSPS) is 30.3. The van der Waals surface area contributed by atoms with Gasteiger partial charge in [0.25, 0.3) is 5.91 Å². The summed E-state index contributed by atoms with van der Waals surface area (Å²) in [7, 11) is 0. The highest BCUT2D eigenvalue weighted by Gasteiger charge is 2.54. The molecule has 2 aromatic rings. The number of nitrogens with one attached hydrogen (secondary N) is 1. The van der Waals surface area contributed by atoms with Crippen LogP contribution >= 0.6 is 11.3 Å². The predicted molar refractivity (Wildman–Crippen MR) is 122 cm³/mol. The average molecular weight is 424 g/mol. The lowest BCUT2D eigenvalue weighted by molar-refractivity contribution is -0.0727. The molecule has 0 saturated heterocycles. The number of thiophene rings is 1. The van der Waals surface area contributed by atoms with Crippen LogP contribution in [0.3, 0.4) is 0 Å². The van der Waals surface area contributed by atoms with E-state index < -0.39 is 0 Å². The Hall–Kier alpha value is -1.81. The fourth-order valence-electron chi connectivity index (χ4n) is 6.97. The number of carbonyl (C=O) groups is 1. The van der Waals surface area contributed by atoms with Gasteiger partial charge in [0.1, 0.15) is 12.4 Å². The summed E-state index contributed by atoms with van der Waals surface area (Å²) in [6, 6.07) is 10.4. The van der Waals surface area contributed by atoms with Gasteiger partial charge in [0.05, 0.1) is 4.88 Å². The lowest BCUT2D eigenvalue weighted by atomic mass is 9.47. The Morgan fingerprint density at radius 1 is 1.17 bits per heavy atom. The molecule has 30 heavy (non-hydrogen) atoms. The van der Waals surface area contributed by atoms with E-state index in [0.717, 1.165) is 45.9 Å². The van der Waals surface area contributed by atoms with E-state index in [-0.39, 0.29) is 5.91 Å². The lowest BCUT2D eigenvalue weighted by Gasteiger charge is -2.59. The number of amides is 1. The molecule has 4 fully saturated rings. The standard InChI is InChI=1S/C26H33NO2S/c1-3-24(26-12-18-8-19(13-26)10-20(9-18)14-26)27-25(28)23-11-21(16-30-23)15-29-22-7-5-4-6-17(22)2/h4-7,11,16,18-20,24H,3,8-10,12-15H2,1-2H3,(H,27,28). The first-order valence-corrected chi connectivity index (χ1v) is 12.5. The fraction of sp³-hybridized carbons (Fsp3) is 0.577. The third kappa shape index (κ3) is 3.79. The van der Waals surface area contributed by atoms with E-state index >= 15 is 0 Å². The van der Waals surface area contributed by atoms with Crippen molar-refractivity contribution in [3.63, 3.8) is 0 Å². The maximum atomic E-state index is 13.1. The molecule has 4 bridgehead atoms. The van der Waals surface area contributed by atoms with Gasteiger partial charge in [0.15, 0.2) is 0 Å². The molecule has 1 aromatic carbocycles. The van der Waals surface area contributed by atoms with E-state index in [9.17, 15) is 4.79 Å². The highest BCUT2D eigenvalue weighted by atomic mass is 32.1. The van der Waals surface area contributed by atoms with Gasteiger partial charge in [-0.1, -0.05) is 25.1 Å². The van der Waals surface area contributed by atoms with E-state index in [2.05, 4.69) is 30.6 Å². The van der Waals surface area contributed by atoms with Crippen LogP contribution in [-0.2, 0) is 6.61 Å². The van der Waals surface area contributed by atoms with Crippen LogP contribution in [0.5, 0.6) is 5.75 Å². The smallest absolute Gasteiger partial charge is 0.261 e. The van der Waals surface area contributed by atoms with E-state index in [0.29, 0.717) is 18.1 Å². The number of carbonyl (C=O) groups excluding carboxylic acids is 1. The molecule has 1 amide bonds. The summed E-state index contributed by atoms with van der Waals surface area (Å²) in [4.78, 5) is 13.9. The molecule has 160 valence electrons. The van der Waals surface area contributed by atoms with Gasteiger partial charge in [0.2, 0.25) is 0 Å². The van der Waals surface area contributed by atoms with Gasteiger partial charge in [-0.2, -0.15) is 0 Å². The van der Waals surface area contributed by atoms with Crippen LogP contribution < -0.4 is 10.1 Å². The third-order valence-electron chi connectivity index (χ3n) is 7.90. The first-order chi connectivity index (χ1) is 14.5. The van der Waals surface area contributed by atoms with Gasteiger partial charge in [-0.25, -0.2) is 0 Å². The van der Waals surface area contributed by atoms with Crippen molar-refractivity contribution in [3.05, 3.63) is 51.7 Å². The van der Waals surface area contributed by atoms with Gasteiger partial charge in [0, 0.05) is 11.6 Å². The molecular formula is C26H33NO2S. The number of para-hydroxylation sites is 1. The summed E-state index contributed by atoms with van der Waals surface area (Å²) >= 11 is 1.53. The maximum Gasteiger partial charge on any atom is 0.261 e. The minimum absolute atomic E-state index is 0.102. The van der Waals surface area contributed by atoms with E-state index in [1.54, 1.807) is 0 Å². The molecule has 4 aliphatic rings. The Morgan fingerprint density at radius 3 is 2.47 bits per heavy atom. The molecular weight excluding hydrogens is 390 g/mol. The van der Waals surface area contributed by atoms with E-state index in [4.69, 9.17) is 4.74 Å². The van der Waals surface area contributed by atoms with Crippen LogP contribution in [0.15, 0.2) is 35.7 Å². The number of benzene rings is 1. The Labute approximate surface area is 184 Å². The molecule has 1 N–H and O–H groups in total. The summed E-state index contributed by atoms with van der Waals surface area (Å²) in [5.74, 6) is 3.74. The summed E-state index contributed by atoms with van der Waals surface area (Å²) in [5, 5.41) is 5.52. The SMILES string of the molecule is CCC(NC(=O)c1cc(COc2ccccc2C)cs1)C12CC3CC(CC(C3)C1)C2. The van der Waals surface area contributed by atoms with Gasteiger partial charge in [-0.05, 0) is 98.1 Å². The molecule has 0 aliphatic heterocycles. The Bertz CT molecular complexity index is 882. The summed E-state index contributed by atoms with van der Waals surface area (Å²) < 4.78 is 5.96. The zero-order valence-electron chi connectivity index (χ0n) is 18.2. The zero-order chi connectivity index (χ0) is 20.7. The Kier molecular flexibility index (Phi) is 5.38. The highest BCUT2D eigenvalue weighted by Crippen LogP contribution is 2.61. The molecule has 0 radical (unpaired) electrons. The Morgan fingerprint density at radius 2 is 1.83 bits per heavy atom. The summed E-state index contributed by atoms with van der Waals surface area (Å²) in [5.41, 5.74) is 2.55. The lowest BCUT2D eigenvalue weighted by Crippen LogP contribution is -2.56. The molecule has 4 aliphatic carbocycles. The van der Waals surface area contributed by atoms with Crippen molar-refractivity contribution >= 4 is 17.2 Å². The van der Waals surface area contributed by atoms with Crippen molar-refractivity contribution in [2.75, 3.05) is 0 Å². The van der Waals surface area contributed by atoms with Crippen LogP contribution in [0.25, 0.3) is 0 Å². The van der Waals surface area contributed by atoms with Crippen LogP contribution in [0, 0.1) is 30.1 Å². The molecule has 0 spiro atoms. The molecule has 4 heteroatoms. The third-order valence-corrected chi connectivity index (χ3v) is 8.88. The van der Waals surface area contributed by atoms with Gasteiger partial charge in [-0.15, -0.1) is 11.3 Å². The van der Waals surface area contributed by atoms with Crippen molar-refractivity contribution in [1.82, 2.24) is 5.32 Å². The summed E-state index contributed by atoms with van der Waals surface area (Å²) in [6.07, 6.45) is 9.36. The van der Waals surface area contributed by atoms with Gasteiger partial charge >= 0.3 is 0 Å². The number of rotatable bonds is 7. The molecule has 1 atom stereocenters. The van der Waals surface area contributed by atoms with E-state index in [1.807, 2.05) is 24.3 Å². The van der Waals surface area contributed by atoms with Crippen LogP contribution in [0.1, 0.15) is 72.7 Å². The van der Waals surface area contributed by atoms with Crippen molar-refractivity contribution < 1.29 is 9.53 Å². The maximum absolute atomic E-state index is 13.1. The molecule has 4 saturated carbocycles. The average Bonchev–Trinajstić information content (AvgIpc) is 3.19. The molecule has 1 heterocycles. The highest BCUT2D eigenvalue weighted by molar-refractivity contribution is 7.12. The first kappa shape index (κ1) is 20.1. The molecule has 1 aromatic heterocycles. The van der Waals surface area contributed by atoms with Gasteiger partial charge < -0.3 is 10.1 Å². The predicted octanol–water partition coefficient (Wildman–Crippen LogP) is 6.36. The van der Waals surface area contributed by atoms with Crippen molar-refractivity contribution in [1.29, 1.82) is 0 Å². The second-order valence-corrected chi connectivity index (χ2v) is 11.0. The van der Waals surface area contributed by atoms with Crippen LogP contribution in [0.2, 0.25) is 0 Å². The van der Waals surface area contributed by atoms with Crippen LogP contribution in [-0.4, -0.2) is 11.9 Å². The second kappa shape index (κ2) is 8.03. The Balaban J connectivity index is 1.23. The van der Waals surface area contributed by atoms with Crippen molar-refractivity contribution in [2.45, 2.75) is 71.4 Å². The number of hydrogen-bond donors (Lipinski definition) is 1. The minimum Gasteiger partial charge on any atom is -0.489 e. The molecule has 1 unspecified atom stereocenters. The fourth-order valence-corrected chi connectivity index (χ4v) is 7.77. The first-order valence-electron chi connectivity index (χ1n) is 11.6. The second-order valence-electron chi connectivity index (χ2n) is 10.1. The monoisotopic (exact) mass is 423 g/mol. The number of ether oxygens (including phenoxy) is 1. The summed E-state index contributed by atoms with van der Waals surface area (Å²) in [6.45, 7) is 4.80. The topological polar surface area (TPSA) is 38.3 Å². The zero-order valence-corrected chi connectivity index (χ0v) is 19.0. The quantitative estimate of drug-likeness (QED) is 0.563. The largest absolute Gasteiger partial charge is 0.489 e. The minimum atomic E-state index is 0.102. The van der Waals surface area contributed by atoms with Crippen molar-refractivity contribution in [3.8, 4) is 5.75 Å². The van der Waals surface area contributed by atoms with Crippen molar-refractivity contribution in [2.24, 2.45) is 23.2 Å². The molecule has 3 nitrogen and oxygen atoms in total. The van der Waals surface area contributed by atoms with E-state index in [1.165, 1.54) is 49.9 Å². The number of aryl methyl sites for hydroxylation is 1.